The van der Waals surface area contributed by atoms with Crippen molar-refractivity contribution in [3.8, 4) is 5.75 Å². The van der Waals surface area contributed by atoms with E-state index >= 15 is 0 Å². The van der Waals surface area contributed by atoms with E-state index in [9.17, 15) is 4.79 Å². The van der Waals surface area contributed by atoms with Gasteiger partial charge in [0.1, 0.15) is 5.75 Å². The minimum atomic E-state index is -0.485. The number of para-hydroxylation sites is 1. The highest BCUT2D eigenvalue weighted by molar-refractivity contribution is 5.99. The van der Waals surface area contributed by atoms with Crippen LogP contribution in [0.25, 0.3) is 10.9 Å². The molecule has 0 saturated carbocycles. The number of benzene rings is 2. The van der Waals surface area contributed by atoms with Gasteiger partial charge in [0.15, 0.2) is 6.10 Å². The average molecular weight is 318 g/mol. The van der Waals surface area contributed by atoms with Gasteiger partial charge in [0.05, 0.1) is 23.4 Å². The molecular weight excluding hydrogens is 300 g/mol. The maximum Gasteiger partial charge on any atom is 0.268 e. The van der Waals surface area contributed by atoms with Gasteiger partial charge >= 0.3 is 0 Å². The summed E-state index contributed by atoms with van der Waals surface area (Å²) in [5.41, 5.74) is 3.71. The van der Waals surface area contributed by atoms with Gasteiger partial charge in [0.2, 0.25) is 0 Å². The first-order chi connectivity index (χ1) is 11.6. The third kappa shape index (κ3) is 2.50. The highest BCUT2D eigenvalue weighted by Crippen LogP contribution is 2.35. The van der Waals surface area contributed by atoms with Crippen LogP contribution < -0.4 is 9.64 Å². The van der Waals surface area contributed by atoms with Crippen molar-refractivity contribution >= 4 is 22.5 Å². The molecule has 1 atom stereocenters. The number of anilines is 1. The molecule has 2 aromatic carbocycles. The smallest absolute Gasteiger partial charge is 0.268 e. The van der Waals surface area contributed by atoms with E-state index in [0.29, 0.717) is 6.54 Å². The Morgan fingerprint density at radius 3 is 2.83 bits per heavy atom. The number of aryl methyl sites for hydroxylation is 1. The Balaban J connectivity index is 1.74. The van der Waals surface area contributed by atoms with Crippen molar-refractivity contribution in [1.29, 1.82) is 0 Å². The van der Waals surface area contributed by atoms with Gasteiger partial charge in [-0.05, 0) is 43.7 Å². The molecule has 0 aliphatic carbocycles. The van der Waals surface area contributed by atoms with E-state index in [4.69, 9.17) is 4.74 Å². The predicted octanol–water partition coefficient (Wildman–Crippen LogP) is 3.86. The van der Waals surface area contributed by atoms with Gasteiger partial charge in [-0.15, -0.1) is 0 Å². The number of carbonyl (C=O) groups is 1. The van der Waals surface area contributed by atoms with Crippen LogP contribution in [0.3, 0.4) is 0 Å². The normalized spacial score (nSPS) is 16.8. The molecule has 0 bridgehead atoms. The SMILES string of the molecule is Cc1ccc2c(c1)N(Cc1ccc3ccccc3n1)C(=O)C(C)O2. The van der Waals surface area contributed by atoms with Crippen LogP contribution in [0.2, 0.25) is 0 Å². The first-order valence-electron chi connectivity index (χ1n) is 8.05. The van der Waals surface area contributed by atoms with Crippen molar-refractivity contribution in [1.82, 2.24) is 4.98 Å². The van der Waals surface area contributed by atoms with Crippen molar-refractivity contribution in [2.24, 2.45) is 0 Å². The molecule has 1 unspecified atom stereocenters. The lowest BCUT2D eigenvalue weighted by atomic mass is 10.1. The van der Waals surface area contributed by atoms with E-state index in [-0.39, 0.29) is 5.91 Å². The van der Waals surface area contributed by atoms with Gasteiger partial charge in [-0.3, -0.25) is 14.7 Å². The lowest BCUT2D eigenvalue weighted by Crippen LogP contribution is -2.44. The number of hydrogen-bond donors (Lipinski definition) is 0. The third-order valence-corrected chi connectivity index (χ3v) is 4.30. The second-order valence-corrected chi connectivity index (χ2v) is 6.15. The second-order valence-electron chi connectivity index (χ2n) is 6.15. The number of rotatable bonds is 2. The molecule has 3 aromatic rings. The van der Waals surface area contributed by atoms with Crippen molar-refractivity contribution < 1.29 is 9.53 Å². The molecule has 1 aromatic heterocycles. The van der Waals surface area contributed by atoms with Gasteiger partial charge in [-0.2, -0.15) is 0 Å². The van der Waals surface area contributed by atoms with E-state index in [1.165, 1.54) is 0 Å². The Bertz CT molecular complexity index is 936. The summed E-state index contributed by atoms with van der Waals surface area (Å²) in [5.74, 6) is 0.705. The fraction of sp³-hybridized carbons (Fsp3) is 0.200. The summed E-state index contributed by atoms with van der Waals surface area (Å²) < 4.78 is 5.73. The first-order valence-corrected chi connectivity index (χ1v) is 8.05. The number of ether oxygens (including phenoxy) is 1. The summed E-state index contributed by atoms with van der Waals surface area (Å²) in [6.07, 6.45) is -0.485. The molecular formula is C20H18N2O2. The zero-order valence-electron chi connectivity index (χ0n) is 13.7. The largest absolute Gasteiger partial charge is 0.479 e. The summed E-state index contributed by atoms with van der Waals surface area (Å²) in [6.45, 7) is 4.23. The summed E-state index contributed by atoms with van der Waals surface area (Å²) in [4.78, 5) is 19.1. The average Bonchev–Trinajstić information content (AvgIpc) is 2.59. The van der Waals surface area contributed by atoms with Gasteiger partial charge in [-0.25, -0.2) is 0 Å². The number of fused-ring (bicyclic) bond motifs is 2. The molecule has 0 spiro atoms. The number of nitrogens with zero attached hydrogens (tertiary/aromatic N) is 2. The third-order valence-electron chi connectivity index (χ3n) is 4.30. The van der Waals surface area contributed by atoms with E-state index in [2.05, 4.69) is 4.98 Å². The van der Waals surface area contributed by atoms with Gasteiger partial charge in [0.25, 0.3) is 5.91 Å². The molecule has 4 nitrogen and oxygen atoms in total. The number of amides is 1. The van der Waals surface area contributed by atoms with Crippen LogP contribution in [0.1, 0.15) is 18.2 Å². The molecule has 1 amide bonds. The van der Waals surface area contributed by atoms with Crippen LogP contribution in [0.5, 0.6) is 5.75 Å². The molecule has 1 aliphatic rings. The second kappa shape index (κ2) is 5.64. The van der Waals surface area contributed by atoms with E-state index in [1.807, 2.05) is 61.5 Å². The fourth-order valence-corrected chi connectivity index (χ4v) is 3.04. The van der Waals surface area contributed by atoms with E-state index < -0.39 is 6.10 Å². The number of pyridine rings is 1. The molecule has 4 rings (SSSR count). The van der Waals surface area contributed by atoms with E-state index in [1.54, 1.807) is 11.8 Å². The first kappa shape index (κ1) is 14.7. The molecule has 0 N–H and O–H groups in total. The van der Waals surface area contributed by atoms with Gasteiger partial charge < -0.3 is 4.74 Å². The topological polar surface area (TPSA) is 42.4 Å². The quantitative estimate of drug-likeness (QED) is 0.720. The lowest BCUT2D eigenvalue weighted by molar-refractivity contribution is -0.125. The van der Waals surface area contributed by atoms with E-state index in [0.717, 1.165) is 33.6 Å². The summed E-state index contributed by atoms with van der Waals surface area (Å²) in [5, 5.41) is 1.10. The summed E-state index contributed by atoms with van der Waals surface area (Å²) in [7, 11) is 0. The van der Waals surface area contributed by atoms with Crippen LogP contribution in [0.15, 0.2) is 54.6 Å². The van der Waals surface area contributed by atoms with Gasteiger partial charge in [-0.1, -0.05) is 30.3 Å². The van der Waals surface area contributed by atoms with Crippen molar-refractivity contribution in [2.45, 2.75) is 26.5 Å². The monoisotopic (exact) mass is 318 g/mol. The van der Waals surface area contributed by atoms with Crippen LogP contribution in [-0.2, 0) is 11.3 Å². The van der Waals surface area contributed by atoms with Crippen molar-refractivity contribution in [3.63, 3.8) is 0 Å². The zero-order valence-corrected chi connectivity index (χ0v) is 13.7. The summed E-state index contributed by atoms with van der Waals surface area (Å²) in [6, 6.07) is 17.9. The Labute approximate surface area is 140 Å². The molecule has 0 saturated heterocycles. The Morgan fingerprint density at radius 1 is 1.12 bits per heavy atom. The lowest BCUT2D eigenvalue weighted by Gasteiger charge is -2.33. The molecule has 1 aliphatic heterocycles. The number of hydrogen-bond acceptors (Lipinski definition) is 3. The summed E-state index contributed by atoms with van der Waals surface area (Å²) >= 11 is 0. The maximum absolute atomic E-state index is 12.6. The van der Waals surface area contributed by atoms with Crippen molar-refractivity contribution in [3.05, 3.63) is 65.9 Å². The molecule has 120 valence electrons. The van der Waals surface area contributed by atoms with Crippen LogP contribution in [0.4, 0.5) is 5.69 Å². The van der Waals surface area contributed by atoms with Crippen molar-refractivity contribution in [2.75, 3.05) is 4.90 Å². The van der Waals surface area contributed by atoms with Crippen LogP contribution >= 0.6 is 0 Å². The molecule has 4 heteroatoms. The molecule has 2 heterocycles. The minimum Gasteiger partial charge on any atom is -0.479 e. The van der Waals surface area contributed by atoms with Crippen LogP contribution in [-0.4, -0.2) is 17.0 Å². The number of carbonyl (C=O) groups excluding carboxylic acids is 1. The number of aromatic nitrogens is 1. The maximum atomic E-state index is 12.6. The Morgan fingerprint density at radius 2 is 1.96 bits per heavy atom. The highest BCUT2D eigenvalue weighted by atomic mass is 16.5. The van der Waals surface area contributed by atoms with Crippen LogP contribution in [0, 0.1) is 6.92 Å². The Hall–Kier alpha value is -2.88. The minimum absolute atomic E-state index is 0.0388. The Kier molecular flexibility index (Phi) is 3.45. The standard InChI is InChI=1S/C20H18N2O2/c1-13-7-10-19-18(11-13)22(20(23)14(2)24-19)12-16-9-8-15-5-3-4-6-17(15)21-16/h3-11,14H,12H2,1-2H3. The zero-order chi connectivity index (χ0) is 16.7. The predicted molar refractivity (Wildman–Crippen MR) is 94.2 cm³/mol. The molecule has 24 heavy (non-hydrogen) atoms. The fourth-order valence-electron chi connectivity index (χ4n) is 3.04. The molecule has 0 radical (unpaired) electrons. The highest BCUT2D eigenvalue weighted by Gasteiger charge is 2.31. The molecule has 0 fully saturated rings. The van der Waals surface area contributed by atoms with Gasteiger partial charge in [0, 0.05) is 5.39 Å².